The molecule has 2 saturated heterocycles. The number of thiol groups is 1. The average Bonchev–Trinajstić information content (AvgIpc) is 2.60. The van der Waals surface area contributed by atoms with Gasteiger partial charge in [-0.2, -0.15) is 0 Å². The van der Waals surface area contributed by atoms with Gasteiger partial charge in [-0.3, -0.25) is 18.6 Å². The van der Waals surface area contributed by atoms with E-state index in [0.717, 1.165) is 0 Å². The van der Waals surface area contributed by atoms with Gasteiger partial charge in [0.15, 0.2) is 10.9 Å². The molecule has 0 aromatic carbocycles. The van der Waals surface area contributed by atoms with Crippen molar-refractivity contribution >= 4 is 29.2 Å². The van der Waals surface area contributed by atoms with Crippen LogP contribution < -0.4 is 0 Å². The monoisotopic (exact) mass is 331 g/mol. The van der Waals surface area contributed by atoms with Crippen LogP contribution in [-0.2, 0) is 38.9 Å². The first-order valence-corrected chi connectivity index (χ1v) is 8.14. The maximum atomic E-state index is 12.5. The van der Waals surface area contributed by atoms with Crippen LogP contribution in [0.5, 0.6) is 0 Å². The van der Waals surface area contributed by atoms with Crippen LogP contribution in [0.25, 0.3) is 0 Å². The van der Waals surface area contributed by atoms with Crippen LogP contribution in [0.2, 0.25) is 0 Å². The second-order valence-corrected chi connectivity index (χ2v) is 7.29. The number of carbonyl (C=O) groups excluding carboxylic acids is 3. The lowest BCUT2D eigenvalue weighted by atomic mass is 9.56. The van der Waals surface area contributed by atoms with Crippen molar-refractivity contribution in [3.8, 4) is 0 Å². The van der Waals surface area contributed by atoms with E-state index in [2.05, 4.69) is 8.55 Å². The third-order valence-electron chi connectivity index (χ3n) is 4.83. The van der Waals surface area contributed by atoms with Gasteiger partial charge in [0.2, 0.25) is 0 Å². The summed E-state index contributed by atoms with van der Waals surface area (Å²) in [4.78, 5) is 35.5. The summed E-state index contributed by atoms with van der Waals surface area (Å²) in [5.41, 5.74) is -1.87. The smallest absolute Gasteiger partial charge is 0.309 e. The molecule has 0 aromatic heterocycles. The van der Waals surface area contributed by atoms with Crippen molar-refractivity contribution in [2.24, 2.45) is 15.7 Å². The van der Waals surface area contributed by atoms with E-state index in [1.54, 1.807) is 0 Å². The first-order valence-electron chi connectivity index (χ1n) is 7.01. The lowest BCUT2D eigenvalue weighted by molar-refractivity contribution is -0.173. The molecule has 4 rings (SSSR count). The van der Waals surface area contributed by atoms with Crippen molar-refractivity contribution in [3.05, 3.63) is 0 Å². The number of rotatable bonds is 4. The zero-order valence-electron chi connectivity index (χ0n) is 12.0. The number of ether oxygens (including phenoxy) is 2. The molecule has 22 heavy (non-hydrogen) atoms. The van der Waals surface area contributed by atoms with Gasteiger partial charge in [0, 0.05) is 19.3 Å². The number of nitrogens with zero attached hydrogens (tertiary/aromatic N) is 1. The van der Waals surface area contributed by atoms with Crippen molar-refractivity contribution in [1.82, 2.24) is 0 Å². The first-order chi connectivity index (χ1) is 10.4. The van der Waals surface area contributed by atoms with Crippen LogP contribution in [0.3, 0.4) is 0 Å². The predicted molar refractivity (Wildman–Crippen MR) is 72.7 cm³/mol. The fourth-order valence-electron chi connectivity index (χ4n) is 4.21. The Morgan fingerprint density at radius 1 is 1.41 bits per heavy atom. The van der Waals surface area contributed by atoms with E-state index >= 15 is 0 Å². The Balaban J connectivity index is 2.02. The Morgan fingerprint density at radius 3 is 2.86 bits per heavy atom. The van der Waals surface area contributed by atoms with Gasteiger partial charge in [-0.15, -0.1) is 4.36 Å². The van der Waals surface area contributed by atoms with Crippen molar-refractivity contribution in [3.63, 3.8) is 0 Å². The van der Waals surface area contributed by atoms with Gasteiger partial charge in [0.1, 0.15) is 11.7 Å². The summed E-state index contributed by atoms with van der Waals surface area (Å²) >= 11 is 0. The van der Waals surface area contributed by atoms with E-state index < -0.39 is 39.8 Å². The van der Waals surface area contributed by atoms with Gasteiger partial charge in [-0.1, -0.05) is 0 Å². The van der Waals surface area contributed by atoms with Gasteiger partial charge in [0.05, 0.1) is 18.4 Å². The molecule has 9 heteroatoms. The van der Waals surface area contributed by atoms with Crippen LogP contribution in [0.4, 0.5) is 0 Å². The highest BCUT2D eigenvalue weighted by Gasteiger charge is 2.63. The Bertz CT molecular complexity index is 614. The molecule has 4 bridgehead atoms. The molecule has 2 heterocycles. The predicted octanol–water partition coefficient (Wildman–Crippen LogP) is 0.156. The molecule has 4 fully saturated rings. The number of hydrogen-bond donors (Lipinski definition) is 1. The second kappa shape index (κ2) is 5.31. The van der Waals surface area contributed by atoms with Crippen LogP contribution in [0.15, 0.2) is 4.36 Å². The summed E-state index contributed by atoms with van der Waals surface area (Å²) in [6.45, 7) is 0.350. The molecule has 0 aromatic rings. The van der Waals surface area contributed by atoms with E-state index in [1.165, 1.54) is 7.11 Å². The van der Waals surface area contributed by atoms with Gasteiger partial charge in [-0.05, 0) is 12.8 Å². The quantitative estimate of drug-likeness (QED) is 0.444. The topological polar surface area (TPSA) is 108 Å². The molecule has 1 amide bonds. The maximum absolute atomic E-state index is 12.5. The Hall–Kier alpha value is -1.48. The van der Waals surface area contributed by atoms with Crippen LogP contribution in [0.1, 0.15) is 32.1 Å². The van der Waals surface area contributed by atoms with E-state index in [4.69, 9.17) is 9.47 Å². The summed E-state index contributed by atoms with van der Waals surface area (Å²) in [7, 11) is -1.23. The third kappa shape index (κ3) is 2.41. The van der Waals surface area contributed by atoms with Crippen LogP contribution in [-0.4, -0.2) is 41.4 Å². The molecular formula is C13H17NO7S. The number of amides is 1. The number of carbonyl (C=O) groups is 3. The molecule has 0 spiro atoms. The van der Waals surface area contributed by atoms with Gasteiger partial charge in [-0.25, -0.2) is 4.21 Å². The minimum Gasteiger partial charge on any atom is -0.462 e. The lowest BCUT2D eigenvalue weighted by Gasteiger charge is -2.49. The average molecular weight is 331 g/mol. The molecule has 5 atom stereocenters. The van der Waals surface area contributed by atoms with Crippen molar-refractivity contribution in [2.75, 3.05) is 7.11 Å². The minimum absolute atomic E-state index is 0.275. The fourth-order valence-corrected chi connectivity index (χ4v) is 4.65. The summed E-state index contributed by atoms with van der Waals surface area (Å²) in [5, 5.41) is 0. The molecular weight excluding hydrogens is 314 g/mol. The zero-order valence-corrected chi connectivity index (χ0v) is 12.9. The normalized spacial score (nSPS) is 40.9. The largest absolute Gasteiger partial charge is 0.462 e. The molecule has 5 unspecified atom stereocenters. The van der Waals surface area contributed by atoms with Crippen molar-refractivity contribution in [2.45, 2.75) is 43.8 Å². The summed E-state index contributed by atoms with van der Waals surface area (Å²) < 4.78 is 30.2. The van der Waals surface area contributed by atoms with Crippen LogP contribution >= 0.6 is 0 Å². The molecule has 122 valence electrons. The Morgan fingerprint density at radius 2 is 2.18 bits per heavy atom. The minimum atomic E-state index is -2.42. The third-order valence-corrected chi connectivity index (χ3v) is 5.49. The standard InChI is InChI=1S/C13H17NO7S/c1-19-22(18)14-11(17)12-2-8-3-13(6-12,20-7-15)5-9(4-12)21-10(8)16/h7-9,22H,2-6H2,1H3. The summed E-state index contributed by atoms with van der Waals surface area (Å²) in [6.07, 6.45) is 1.12. The molecule has 0 N–H and O–H groups in total. The zero-order chi connectivity index (χ0) is 16.0. The van der Waals surface area contributed by atoms with E-state index in [1.807, 2.05) is 0 Å². The molecule has 2 aliphatic heterocycles. The van der Waals surface area contributed by atoms with Gasteiger partial charge >= 0.3 is 5.97 Å². The molecule has 4 aliphatic rings. The molecule has 8 nitrogen and oxygen atoms in total. The molecule has 2 aliphatic carbocycles. The van der Waals surface area contributed by atoms with E-state index in [0.29, 0.717) is 25.7 Å². The summed E-state index contributed by atoms with van der Waals surface area (Å²) in [6, 6.07) is 0. The number of hydrogen-bond acceptors (Lipinski definition) is 7. The van der Waals surface area contributed by atoms with Crippen molar-refractivity contribution < 1.29 is 32.2 Å². The van der Waals surface area contributed by atoms with E-state index in [-0.39, 0.29) is 18.8 Å². The SMILES string of the molecule is CO[SH](=O)=NC(=O)C12CC3CC(OC=O)(CC(C1)C(=O)O3)C2. The summed E-state index contributed by atoms with van der Waals surface area (Å²) in [5.74, 6) is -1.45. The highest BCUT2D eigenvalue weighted by Crippen LogP contribution is 2.58. The van der Waals surface area contributed by atoms with Crippen LogP contribution in [0, 0.1) is 11.3 Å². The number of esters is 1. The van der Waals surface area contributed by atoms with Crippen molar-refractivity contribution in [1.29, 1.82) is 0 Å². The first kappa shape index (κ1) is 15.4. The highest BCUT2D eigenvalue weighted by molar-refractivity contribution is 7.70. The second-order valence-electron chi connectivity index (χ2n) is 6.25. The van der Waals surface area contributed by atoms with Gasteiger partial charge < -0.3 is 9.47 Å². The highest BCUT2D eigenvalue weighted by atomic mass is 32.2. The molecule has 2 saturated carbocycles. The number of fused-ring (bicyclic) bond motifs is 1. The van der Waals surface area contributed by atoms with E-state index in [9.17, 15) is 18.6 Å². The molecule has 0 radical (unpaired) electrons. The fraction of sp³-hybridized carbons (Fsp3) is 0.769. The Kier molecular flexibility index (Phi) is 3.72. The maximum Gasteiger partial charge on any atom is 0.309 e. The lowest BCUT2D eigenvalue weighted by Crippen LogP contribution is -2.54. The van der Waals surface area contributed by atoms with Gasteiger partial charge in [0.25, 0.3) is 12.4 Å². The Labute approximate surface area is 128 Å².